The zero-order valence-electron chi connectivity index (χ0n) is 9.08. The Bertz CT molecular complexity index is 395. The fourth-order valence-corrected chi connectivity index (χ4v) is 1.16. The SMILES string of the molecule is CC(NOCC(F)(F)F)c1ccc(C#N)cc1. The van der Waals surface area contributed by atoms with Crippen molar-refractivity contribution in [3.63, 3.8) is 0 Å². The molecular formula is C11H11F3N2O. The van der Waals surface area contributed by atoms with Gasteiger partial charge >= 0.3 is 6.18 Å². The minimum absolute atomic E-state index is 0.384. The molecule has 0 aromatic heterocycles. The minimum Gasteiger partial charge on any atom is -0.292 e. The van der Waals surface area contributed by atoms with Crippen LogP contribution < -0.4 is 5.48 Å². The highest BCUT2D eigenvalue weighted by atomic mass is 19.4. The van der Waals surface area contributed by atoms with Gasteiger partial charge in [-0.05, 0) is 24.6 Å². The van der Waals surface area contributed by atoms with Gasteiger partial charge < -0.3 is 0 Å². The van der Waals surface area contributed by atoms with E-state index in [4.69, 9.17) is 5.26 Å². The molecule has 0 heterocycles. The van der Waals surface area contributed by atoms with Crippen LogP contribution in [0.1, 0.15) is 24.1 Å². The second-order valence-electron chi connectivity index (χ2n) is 3.48. The molecule has 1 atom stereocenters. The van der Waals surface area contributed by atoms with Gasteiger partial charge in [-0.2, -0.15) is 23.9 Å². The average Bonchev–Trinajstić information content (AvgIpc) is 2.27. The summed E-state index contributed by atoms with van der Waals surface area (Å²) in [4.78, 5) is 4.33. The second-order valence-corrected chi connectivity index (χ2v) is 3.48. The first-order valence-corrected chi connectivity index (χ1v) is 4.86. The van der Waals surface area contributed by atoms with Crippen LogP contribution in [-0.4, -0.2) is 12.8 Å². The Hall–Kier alpha value is -1.58. The third-order valence-electron chi connectivity index (χ3n) is 2.04. The van der Waals surface area contributed by atoms with E-state index in [1.807, 2.05) is 6.07 Å². The summed E-state index contributed by atoms with van der Waals surface area (Å²) in [6.07, 6.45) is -4.35. The van der Waals surface area contributed by atoms with E-state index in [1.165, 1.54) is 0 Å². The molecule has 3 nitrogen and oxygen atoms in total. The molecule has 0 fully saturated rings. The minimum atomic E-state index is -4.35. The van der Waals surface area contributed by atoms with Crippen LogP contribution in [0.15, 0.2) is 24.3 Å². The molecule has 0 amide bonds. The third-order valence-corrected chi connectivity index (χ3v) is 2.04. The summed E-state index contributed by atoms with van der Waals surface area (Å²) in [6.45, 7) is 0.325. The highest BCUT2D eigenvalue weighted by Gasteiger charge is 2.28. The van der Waals surface area contributed by atoms with E-state index in [1.54, 1.807) is 31.2 Å². The zero-order chi connectivity index (χ0) is 12.9. The van der Waals surface area contributed by atoms with Crippen molar-refractivity contribution >= 4 is 0 Å². The maximum atomic E-state index is 11.8. The predicted molar refractivity (Wildman–Crippen MR) is 54.7 cm³/mol. The molecule has 17 heavy (non-hydrogen) atoms. The lowest BCUT2D eigenvalue weighted by Crippen LogP contribution is -2.26. The summed E-state index contributed by atoms with van der Waals surface area (Å²) >= 11 is 0. The third kappa shape index (κ3) is 4.85. The molecule has 92 valence electrons. The van der Waals surface area contributed by atoms with Gasteiger partial charge in [-0.3, -0.25) is 4.84 Å². The summed E-state index contributed by atoms with van der Waals surface area (Å²) in [5.41, 5.74) is 3.53. The van der Waals surface area contributed by atoms with Gasteiger partial charge in [0.25, 0.3) is 0 Å². The molecule has 0 aliphatic heterocycles. The van der Waals surface area contributed by atoms with Gasteiger partial charge in [0.05, 0.1) is 17.7 Å². The Morgan fingerprint density at radius 2 is 1.94 bits per heavy atom. The molecule has 0 saturated heterocycles. The summed E-state index contributed by atoms with van der Waals surface area (Å²) < 4.78 is 35.4. The van der Waals surface area contributed by atoms with Crippen molar-refractivity contribution in [3.05, 3.63) is 35.4 Å². The maximum Gasteiger partial charge on any atom is 0.413 e. The van der Waals surface area contributed by atoms with E-state index in [-0.39, 0.29) is 6.04 Å². The summed E-state index contributed by atoms with van der Waals surface area (Å²) in [5, 5.41) is 8.58. The lowest BCUT2D eigenvalue weighted by atomic mass is 10.1. The normalized spacial score (nSPS) is 13.1. The van der Waals surface area contributed by atoms with Crippen LogP contribution in [0.4, 0.5) is 13.2 Å². The van der Waals surface area contributed by atoms with Gasteiger partial charge in [0, 0.05) is 0 Å². The molecule has 0 spiro atoms. The molecule has 1 aromatic carbocycles. The van der Waals surface area contributed by atoms with Crippen molar-refractivity contribution in [1.82, 2.24) is 5.48 Å². The highest BCUT2D eigenvalue weighted by Crippen LogP contribution is 2.16. The quantitative estimate of drug-likeness (QED) is 0.828. The number of alkyl halides is 3. The van der Waals surface area contributed by atoms with Gasteiger partial charge in [0.2, 0.25) is 0 Å². The summed E-state index contributed by atoms with van der Waals surface area (Å²) in [7, 11) is 0. The largest absolute Gasteiger partial charge is 0.413 e. The van der Waals surface area contributed by atoms with Crippen LogP contribution in [-0.2, 0) is 4.84 Å². The van der Waals surface area contributed by atoms with Crippen LogP contribution >= 0.6 is 0 Å². The molecular weight excluding hydrogens is 233 g/mol. The Labute approximate surface area is 96.8 Å². The molecule has 0 radical (unpaired) electrons. The number of benzene rings is 1. The zero-order valence-corrected chi connectivity index (χ0v) is 9.08. The number of hydrogen-bond acceptors (Lipinski definition) is 3. The topological polar surface area (TPSA) is 45.0 Å². The number of nitriles is 1. The van der Waals surface area contributed by atoms with Crippen molar-refractivity contribution in [2.45, 2.75) is 19.1 Å². The first-order valence-electron chi connectivity index (χ1n) is 4.86. The van der Waals surface area contributed by atoms with Gasteiger partial charge in [-0.15, -0.1) is 0 Å². The lowest BCUT2D eigenvalue weighted by Gasteiger charge is -2.15. The smallest absolute Gasteiger partial charge is 0.292 e. The standard InChI is InChI=1S/C11H11F3N2O/c1-8(16-17-7-11(12,13)14)10-4-2-9(6-15)3-5-10/h2-5,8,16H,7H2,1H3. The summed E-state index contributed by atoms with van der Waals surface area (Å²) in [6, 6.07) is 8.08. The molecule has 0 bridgehead atoms. The van der Waals surface area contributed by atoms with Crippen molar-refractivity contribution in [3.8, 4) is 6.07 Å². The van der Waals surface area contributed by atoms with E-state index in [0.29, 0.717) is 5.56 Å². The van der Waals surface area contributed by atoms with Crippen LogP contribution in [0.25, 0.3) is 0 Å². The van der Waals surface area contributed by atoms with Crippen molar-refractivity contribution in [2.75, 3.05) is 6.61 Å². The molecule has 6 heteroatoms. The summed E-state index contributed by atoms with van der Waals surface area (Å²) in [5.74, 6) is 0. The Morgan fingerprint density at radius 3 is 2.41 bits per heavy atom. The van der Waals surface area contributed by atoms with Gasteiger partial charge in [-0.1, -0.05) is 12.1 Å². The Balaban J connectivity index is 2.47. The van der Waals surface area contributed by atoms with E-state index in [2.05, 4.69) is 10.3 Å². The van der Waals surface area contributed by atoms with Crippen LogP contribution in [0.3, 0.4) is 0 Å². The second kappa shape index (κ2) is 5.66. The molecule has 1 aromatic rings. The van der Waals surface area contributed by atoms with E-state index in [0.717, 1.165) is 5.56 Å². The van der Waals surface area contributed by atoms with Crippen LogP contribution in [0.5, 0.6) is 0 Å². The molecule has 0 aliphatic rings. The van der Waals surface area contributed by atoms with Gasteiger partial charge in [-0.25, -0.2) is 0 Å². The molecule has 1 unspecified atom stereocenters. The fourth-order valence-electron chi connectivity index (χ4n) is 1.16. The van der Waals surface area contributed by atoms with Gasteiger partial charge in [0.15, 0.2) is 6.61 Å². The Kier molecular flexibility index (Phi) is 4.49. The number of hydrogen-bond donors (Lipinski definition) is 1. The van der Waals surface area contributed by atoms with E-state index >= 15 is 0 Å². The molecule has 0 saturated carbocycles. The monoisotopic (exact) mass is 244 g/mol. The molecule has 1 rings (SSSR count). The van der Waals surface area contributed by atoms with Crippen molar-refractivity contribution < 1.29 is 18.0 Å². The number of rotatable bonds is 4. The first kappa shape index (κ1) is 13.5. The number of nitrogens with zero attached hydrogens (tertiary/aromatic N) is 1. The molecule has 1 N–H and O–H groups in total. The Morgan fingerprint density at radius 1 is 1.35 bits per heavy atom. The average molecular weight is 244 g/mol. The number of nitrogens with one attached hydrogen (secondary N) is 1. The van der Waals surface area contributed by atoms with Crippen LogP contribution in [0.2, 0.25) is 0 Å². The van der Waals surface area contributed by atoms with Gasteiger partial charge in [0.1, 0.15) is 0 Å². The number of halogens is 3. The van der Waals surface area contributed by atoms with E-state index < -0.39 is 12.8 Å². The number of hydroxylamine groups is 1. The first-order chi connectivity index (χ1) is 7.92. The van der Waals surface area contributed by atoms with E-state index in [9.17, 15) is 13.2 Å². The van der Waals surface area contributed by atoms with Crippen molar-refractivity contribution in [2.24, 2.45) is 0 Å². The lowest BCUT2D eigenvalue weighted by molar-refractivity contribution is -0.192. The predicted octanol–water partition coefficient (Wildman–Crippen LogP) is 2.70. The molecule has 0 aliphatic carbocycles. The fraction of sp³-hybridized carbons (Fsp3) is 0.364. The highest BCUT2D eigenvalue weighted by molar-refractivity contribution is 5.32. The maximum absolute atomic E-state index is 11.8. The van der Waals surface area contributed by atoms with Crippen LogP contribution in [0, 0.1) is 11.3 Å². The van der Waals surface area contributed by atoms with Crippen molar-refractivity contribution in [1.29, 1.82) is 5.26 Å².